The molecule has 0 saturated heterocycles. The van der Waals surface area contributed by atoms with Crippen LogP contribution in [0.25, 0.3) is 5.69 Å². The van der Waals surface area contributed by atoms with E-state index in [0.717, 1.165) is 20.1 Å². The molecule has 1 N–H and O–H groups in total. The number of hydrogen-bond acceptors (Lipinski definition) is 5. The molecule has 158 valence electrons. The summed E-state index contributed by atoms with van der Waals surface area (Å²) in [4.78, 5) is 13.1. The predicted octanol–water partition coefficient (Wildman–Crippen LogP) is 5.85. The molecule has 6 nitrogen and oxygen atoms in total. The van der Waals surface area contributed by atoms with Crippen molar-refractivity contribution in [2.75, 3.05) is 0 Å². The number of nitrogens with one attached hydrogen (secondary N) is 1. The van der Waals surface area contributed by atoms with Gasteiger partial charge in [-0.2, -0.15) is 5.10 Å². The molecular weight excluding hydrogens is 478 g/mol. The monoisotopic (exact) mass is 497 g/mol. The van der Waals surface area contributed by atoms with E-state index in [-0.39, 0.29) is 12.4 Å². The molecule has 1 amide bonds. The number of nitrogens with zero attached hydrogens (tertiary/aromatic N) is 2. The smallest absolute Gasteiger partial charge is 0.307 e. The first-order valence-electron chi connectivity index (χ1n) is 9.55. The molecule has 3 heterocycles. The van der Waals surface area contributed by atoms with E-state index in [1.165, 1.54) is 22.7 Å². The zero-order valence-electron chi connectivity index (χ0n) is 17.0. The Morgan fingerprint density at radius 1 is 1.10 bits per heavy atom. The highest BCUT2D eigenvalue weighted by Crippen LogP contribution is 2.21. The Morgan fingerprint density at radius 3 is 2.52 bits per heavy atom. The third kappa shape index (κ3) is 5.15. The lowest BCUT2D eigenvalue weighted by atomic mass is 10.3. The summed E-state index contributed by atoms with van der Waals surface area (Å²) in [5.74, 6) is 1.04. The molecule has 31 heavy (non-hydrogen) atoms. The molecule has 0 spiro atoms. The zero-order chi connectivity index (χ0) is 21.8. The minimum absolute atomic E-state index is 0.178. The molecule has 1 aromatic carbocycles. The Balaban J connectivity index is 1.32. The van der Waals surface area contributed by atoms with E-state index < -0.39 is 5.91 Å². The summed E-state index contributed by atoms with van der Waals surface area (Å²) in [6.45, 7) is 4.38. The van der Waals surface area contributed by atoms with Gasteiger partial charge in [-0.1, -0.05) is 0 Å². The lowest BCUT2D eigenvalue weighted by Crippen LogP contribution is -2.16. The molecule has 4 aromatic rings. The number of amides is 1. The van der Waals surface area contributed by atoms with Crippen LogP contribution in [0.2, 0.25) is 0 Å². The molecule has 0 atom stereocenters. The van der Waals surface area contributed by atoms with Crippen molar-refractivity contribution < 1.29 is 13.9 Å². The second kappa shape index (κ2) is 9.36. The lowest BCUT2D eigenvalue weighted by Gasteiger charge is -2.10. The van der Waals surface area contributed by atoms with Crippen LogP contribution in [0.4, 0.5) is 0 Å². The van der Waals surface area contributed by atoms with Crippen molar-refractivity contribution in [1.29, 1.82) is 0 Å². The number of hydrogen-bond donors (Lipinski definition) is 1. The van der Waals surface area contributed by atoms with Crippen molar-refractivity contribution >= 4 is 39.4 Å². The standard InChI is InChI=1S/C23H20BrN3O3S/c1-15-3-4-16(2)27(15)17-5-7-18(8-6-17)29-14-19-9-11-21(30-19)23(28)26-25-13-20-10-12-22(24)31-20/h3-13H,14H2,1-2H3,(H,26,28). The third-order valence-electron chi connectivity index (χ3n) is 4.58. The van der Waals surface area contributed by atoms with Crippen LogP contribution in [0.3, 0.4) is 0 Å². The summed E-state index contributed by atoms with van der Waals surface area (Å²) in [6, 6.07) is 19.2. The molecule has 8 heteroatoms. The highest BCUT2D eigenvalue weighted by Gasteiger charge is 2.11. The van der Waals surface area contributed by atoms with Crippen LogP contribution in [-0.2, 0) is 6.61 Å². The molecular formula is C23H20BrN3O3S. The number of benzene rings is 1. The number of carbonyl (C=O) groups is 1. The number of aromatic nitrogens is 1. The van der Waals surface area contributed by atoms with Crippen molar-refractivity contribution in [2.24, 2.45) is 5.10 Å². The third-order valence-corrected chi connectivity index (χ3v) is 6.14. The molecule has 0 fully saturated rings. The van der Waals surface area contributed by atoms with Gasteiger partial charge >= 0.3 is 5.91 Å². The number of ether oxygens (including phenoxy) is 1. The molecule has 0 unspecified atom stereocenters. The topological polar surface area (TPSA) is 68.8 Å². The van der Waals surface area contributed by atoms with Gasteiger partial charge in [0, 0.05) is 22.0 Å². The molecule has 4 rings (SSSR count). The Bertz CT molecular complexity index is 1200. The van der Waals surface area contributed by atoms with Crippen LogP contribution in [-0.4, -0.2) is 16.7 Å². The van der Waals surface area contributed by atoms with Gasteiger partial charge in [-0.15, -0.1) is 11.3 Å². The van der Waals surface area contributed by atoms with Crippen LogP contribution in [0, 0.1) is 13.8 Å². The van der Waals surface area contributed by atoms with Gasteiger partial charge in [0.15, 0.2) is 5.76 Å². The van der Waals surface area contributed by atoms with E-state index in [4.69, 9.17) is 9.15 Å². The van der Waals surface area contributed by atoms with Gasteiger partial charge in [0.1, 0.15) is 18.1 Å². The number of furan rings is 1. The van der Waals surface area contributed by atoms with Gasteiger partial charge in [-0.25, -0.2) is 5.43 Å². The van der Waals surface area contributed by atoms with Gasteiger partial charge in [-0.05, 0) is 90.4 Å². The molecule has 3 aromatic heterocycles. The van der Waals surface area contributed by atoms with E-state index in [2.05, 4.69) is 57.0 Å². The number of aryl methyl sites for hydroxylation is 2. The molecule has 0 aliphatic rings. The zero-order valence-corrected chi connectivity index (χ0v) is 19.4. The molecule has 0 bridgehead atoms. The first-order valence-corrected chi connectivity index (χ1v) is 11.2. The Hall–Kier alpha value is -3.10. The number of rotatable bonds is 7. The van der Waals surface area contributed by atoms with Crippen LogP contribution >= 0.6 is 27.3 Å². The fourth-order valence-corrected chi connectivity index (χ4v) is 4.40. The summed E-state index contributed by atoms with van der Waals surface area (Å²) in [5, 5.41) is 3.95. The average molecular weight is 498 g/mol. The quantitative estimate of drug-likeness (QED) is 0.257. The Kier molecular flexibility index (Phi) is 6.39. The number of halogens is 1. The van der Waals surface area contributed by atoms with E-state index >= 15 is 0 Å². The van der Waals surface area contributed by atoms with Crippen molar-refractivity contribution in [3.8, 4) is 11.4 Å². The minimum Gasteiger partial charge on any atom is -0.486 e. The summed E-state index contributed by atoms with van der Waals surface area (Å²) in [5.41, 5.74) is 5.90. The van der Waals surface area contributed by atoms with Crippen molar-refractivity contribution in [3.05, 3.63) is 92.2 Å². The van der Waals surface area contributed by atoms with Gasteiger partial charge in [-0.3, -0.25) is 4.79 Å². The van der Waals surface area contributed by atoms with Gasteiger partial charge in [0.25, 0.3) is 0 Å². The fraction of sp³-hybridized carbons (Fsp3) is 0.130. The Morgan fingerprint density at radius 2 is 1.84 bits per heavy atom. The average Bonchev–Trinajstić information content (AvgIpc) is 3.48. The van der Waals surface area contributed by atoms with E-state index in [9.17, 15) is 4.79 Å². The predicted molar refractivity (Wildman–Crippen MR) is 125 cm³/mol. The molecule has 0 aliphatic heterocycles. The summed E-state index contributed by atoms with van der Waals surface area (Å²) < 4.78 is 14.5. The van der Waals surface area contributed by atoms with Crippen molar-refractivity contribution in [3.63, 3.8) is 0 Å². The first-order chi connectivity index (χ1) is 15.0. The Labute approximate surface area is 192 Å². The number of thiophene rings is 1. The summed E-state index contributed by atoms with van der Waals surface area (Å²) >= 11 is 4.90. The van der Waals surface area contributed by atoms with Crippen molar-refractivity contribution in [2.45, 2.75) is 20.5 Å². The number of hydrazone groups is 1. The van der Waals surface area contributed by atoms with E-state index in [1.54, 1.807) is 18.3 Å². The maximum atomic E-state index is 12.2. The molecule has 0 radical (unpaired) electrons. The minimum atomic E-state index is -0.417. The first kappa shape index (κ1) is 21.1. The number of carbonyl (C=O) groups excluding carboxylic acids is 1. The second-order valence-corrected chi connectivity index (χ2v) is 9.34. The largest absolute Gasteiger partial charge is 0.486 e. The second-order valence-electron chi connectivity index (χ2n) is 6.84. The van der Waals surface area contributed by atoms with Gasteiger partial charge in [0.2, 0.25) is 0 Å². The summed E-state index contributed by atoms with van der Waals surface area (Å²) in [6.07, 6.45) is 1.58. The SMILES string of the molecule is Cc1ccc(C)n1-c1ccc(OCc2ccc(C(=O)NN=Cc3ccc(Br)s3)o2)cc1. The van der Waals surface area contributed by atoms with Crippen LogP contribution < -0.4 is 10.2 Å². The van der Waals surface area contributed by atoms with Crippen LogP contribution in [0.1, 0.15) is 32.6 Å². The summed E-state index contributed by atoms with van der Waals surface area (Å²) in [7, 11) is 0. The van der Waals surface area contributed by atoms with Crippen molar-refractivity contribution in [1.82, 2.24) is 9.99 Å². The maximum Gasteiger partial charge on any atom is 0.307 e. The van der Waals surface area contributed by atoms with Gasteiger partial charge in [0.05, 0.1) is 10.0 Å². The van der Waals surface area contributed by atoms with E-state index in [0.29, 0.717) is 5.76 Å². The normalized spacial score (nSPS) is 11.2. The highest BCUT2D eigenvalue weighted by atomic mass is 79.9. The molecule has 0 saturated carbocycles. The van der Waals surface area contributed by atoms with Gasteiger partial charge < -0.3 is 13.7 Å². The van der Waals surface area contributed by atoms with Crippen LogP contribution in [0.15, 0.2) is 74.0 Å². The van der Waals surface area contributed by atoms with Crippen LogP contribution in [0.5, 0.6) is 5.75 Å². The maximum absolute atomic E-state index is 12.2. The fourth-order valence-electron chi connectivity index (χ4n) is 3.11. The van der Waals surface area contributed by atoms with E-state index in [1.807, 2.05) is 36.4 Å². The molecule has 0 aliphatic carbocycles. The highest BCUT2D eigenvalue weighted by molar-refractivity contribution is 9.11. The lowest BCUT2D eigenvalue weighted by molar-refractivity contribution is 0.0923.